The number of thiophene rings is 1. The Morgan fingerprint density at radius 2 is 1.84 bits per heavy atom. The van der Waals surface area contributed by atoms with Gasteiger partial charge in [0.15, 0.2) is 0 Å². The first-order valence-electron chi connectivity index (χ1n) is 8.82. The third-order valence-corrected chi connectivity index (χ3v) is 8.07. The lowest BCUT2D eigenvalue weighted by Gasteiger charge is -2.12. The van der Waals surface area contributed by atoms with E-state index < -0.39 is 27.7 Å². The fourth-order valence-electron chi connectivity index (χ4n) is 2.43. The summed E-state index contributed by atoms with van der Waals surface area (Å²) in [4.78, 5) is 35.6. The minimum Gasteiger partial charge on any atom is -0.384 e. The molecule has 0 spiro atoms. The van der Waals surface area contributed by atoms with E-state index in [1.165, 1.54) is 20.1 Å². The van der Waals surface area contributed by atoms with Crippen LogP contribution in [-0.4, -0.2) is 46.4 Å². The first kappa shape index (κ1) is 26.6. The SMILES string of the molecule is COCCc1cc(Br)sc1S(=O)(=O)NC(=O)c1cc(NC(=O)CNC(C)=O)c(Cl)cc1Cl. The molecule has 0 radical (unpaired) electrons. The summed E-state index contributed by atoms with van der Waals surface area (Å²) in [5, 5.41) is 4.65. The lowest BCUT2D eigenvalue weighted by atomic mass is 10.2. The molecule has 0 atom stereocenters. The van der Waals surface area contributed by atoms with Gasteiger partial charge in [0.05, 0.1) is 38.2 Å². The normalized spacial score (nSPS) is 11.2. The number of halogens is 3. The maximum Gasteiger partial charge on any atom is 0.274 e. The fourth-order valence-corrected chi connectivity index (χ4v) is 6.49. The van der Waals surface area contributed by atoms with Gasteiger partial charge in [0.2, 0.25) is 11.8 Å². The van der Waals surface area contributed by atoms with Crippen LogP contribution >= 0.6 is 50.5 Å². The number of sulfonamides is 1. The fraction of sp³-hybridized carbons (Fsp3) is 0.278. The number of hydrogen-bond acceptors (Lipinski definition) is 7. The van der Waals surface area contributed by atoms with Gasteiger partial charge in [-0.15, -0.1) is 11.3 Å². The molecule has 3 amide bonds. The summed E-state index contributed by atoms with van der Waals surface area (Å²) in [6.07, 6.45) is 0.329. The van der Waals surface area contributed by atoms with Gasteiger partial charge in [-0.05, 0) is 46.1 Å². The molecule has 0 aliphatic carbocycles. The van der Waals surface area contributed by atoms with Gasteiger partial charge in [-0.2, -0.15) is 0 Å². The van der Waals surface area contributed by atoms with Gasteiger partial charge in [0.25, 0.3) is 15.9 Å². The van der Waals surface area contributed by atoms with Crippen LogP contribution in [0.15, 0.2) is 26.2 Å². The molecule has 0 bridgehead atoms. The maximum atomic E-state index is 12.8. The number of methoxy groups -OCH3 is 1. The second-order valence-corrected chi connectivity index (χ2v) is 11.4. The van der Waals surface area contributed by atoms with Crippen molar-refractivity contribution in [3.8, 4) is 0 Å². The van der Waals surface area contributed by atoms with E-state index >= 15 is 0 Å². The summed E-state index contributed by atoms with van der Waals surface area (Å²) in [5.74, 6) is -2.02. The van der Waals surface area contributed by atoms with E-state index in [0.29, 0.717) is 22.4 Å². The first-order valence-corrected chi connectivity index (χ1v) is 12.7. The molecule has 2 rings (SSSR count). The Labute approximate surface area is 207 Å². The molecule has 3 N–H and O–H groups in total. The zero-order valence-corrected chi connectivity index (χ0v) is 21.5. The Balaban J connectivity index is 2.27. The van der Waals surface area contributed by atoms with Gasteiger partial charge in [-0.1, -0.05) is 23.2 Å². The second-order valence-electron chi connectivity index (χ2n) is 6.31. The van der Waals surface area contributed by atoms with E-state index in [1.807, 2.05) is 4.72 Å². The standard InChI is InChI=1S/C18H18BrCl2N3O6S2/c1-9(25)22-8-16(26)23-14-6-11(12(20)7-13(14)21)17(27)24-32(28,29)18-10(3-4-30-2)5-15(19)31-18/h5-7H,3-4,8H2,1-2H3,(H,22,25)(H,23,26)(H,24,27). The average Bonchev–Trinajstić information content (AvgIpc) is 3.08. The van der Waals surface area contributed by atoms with Crippen LogP contribution in [0, 0.1) is 0 Å². The van der Waals surface area contributed by atoms with Gasteiger partial charge in [-0.3, -0.25) is 14.4 Å². The molecule has 0 fully saturated rings. The van der Waals surface area contributed by atoms with E-state index in [9.17, 15) is 22.8 Å². The lowest BCUT2D eigenvalue weighted by molar-refractivity contribution is -0.122. The molecule has 1 aromatic carbocycles. The van der Waals surface area contributed by atoms with Crippen LogP contribution in [0.1, 0.15) is 22.8 Å². The molecule has 174 valence electrons. The smallest absolute Gasteiger partial charge is 0.274 e. The largest absolute Gasteiger partial charge is 0.384 e. The van der Waals surface area contributed by atoms with Crippen molar-refractivity contribution in [1.82, 2.24) is 10.0 Å². The predicted molar refractivity (Wildman–Crippen MR) is 126 cm³/mol. The monoisotopic (exact) mass is 585 g/mol. The predicted octanol–water partition coefficient (Wildman–Crippen LogP) is 3.20. The van der Waals surface area contributed by atoms with Gasteiger partial charge in [0, 0.05) is 14.0 Å². The Morgan fingerprint density at radius 3 is 2.47 bits per heavy atom. The molecule has 0 saturated heterocycles. The number of amides is 3. The number of carbonyl (C=O) groups is 3. The number of ether oxygens (including phenoxy) is 1. The van der Waals surface area contributed by atoms with Crippen molar-refractivity contribution in [2.45, 2.75) is 17.6 Å². The molecule has 14 heteroatoms. The van der Waals surface area contributed by atoms with Crippen LogP contribution in [0.4, 0.5) is 5.69 Å². The van der Waals surface area contributed by atoms with Gasteiger partial charge in [0.1, 0.15) is 4.21 Å². The van der Waals surface area contributed by atoms with Crippen LogP contribution < -0.4 is 15.4 Å². The first-order chi connectivity index (χ1) is 14.9. The Kier molecular flexibility index (Phi) is 9.49. The number of benzene rings is 1. The number of rotatable bonds is 9. The van der Waals surface area contributed by atoms with E-state index in [0.717, 1.165) is 17.4 Å². The molecule has 0 aliphatic heterocycles. The molecular formula is C18H18BrCl2N3O6S2. The van der Waals surface area contributed by atoms with Crippen molar-refractivity contribution in [2.75, 3.05) is 25.6 Å². The van der Waals surface area contributed by atoms with Crippen LogP contribution in [0.2, 0.25) is 10.0 Å². The van der Waals surface area contributed by atoms with Crippen LogP contribution in [0.25, 0.3) is 0 Å². The Morgan fingerprint density at radius 1 is 1.16 bits per heavy atom. The highest BCUT2D eigenvalue weighted by Gasteiger charge is 2.26. The summed E-state index contributed by atoms with van der Waals surface area (Å²) in [6.45, 7) is 1.23. The maximum absolute atomic E-state index is 12.8. The molecule has 0 aliphatic rings. The highest BCUT2D eigenvalue weighted by molar-refractivity contribution is 9.11. The molecule has 9 nitrogen and oxygen atoms in total. The minimum absolute atomic E-state index is 0.0219. The van der Waals surface area contributed by atoms with Gasteiger partial charge < -0.3 is 15.4 Å². The highest BCUT2D eigenvalue weighted by atomic mass is 79.9. The third-order valence-electron chi connectivity index (χ3n) is 3.86. The molecular weight excluding hydrogens is 569 g/mol. The van der Waals surface area contributed by atoms with Crippen LogP contribution in [-0.2, 0) is 30.8 Å². The van der Waals surface area contributed by atoms with E-state index in [-0.39, 0.29) is 32.1 Å². The summed E-state index contributed by atoms with van der Waals surface area (Å²) < 4.78 is 33.2. The lowest BCUT2D eigenvalue weighted by Crippen LogP contribution is -2.32. The quantitative estimate of drug-likeness (QED) is 0.413. The summed E-state index contributed by atoms with van der Waals surface area (Å²) >= 11 is 16.3. The highest BCUT2D eigenvalue weighted by Crippen LogP contribution is 2.33. The van der Waals surface area contributed by atoms with Crippen molar-refractivity contribution in [3.63, 3.8) is 0 Å². The number of carbonyl (C=O) groups excluding carboxylic acids is 3. The molecule has 1 aromatic heterocycles. The van der Waals surface area contributed by atoms with Crippen molar-refractivity contribution in [3.05, 3.63) is 43.2 Å². The summed E-state index contributed by atoms with van der Waals surface area (Å²) in [5.41, 5.74) is 0.286. The molecule has 2 aromatic rings. The molecule has 0 unspecified atom stereocenters. The van der Waals surface area contributed by atoms with Crippen molar-refractivity contribution in [2.24, 2.45) is 0 Å². The second kappa shape index (κ2) is 11.4. The summed E-state index contributed by atoms with van der Waals surface area (Å²) in [7, 11) is -2.73. The van der Waals surface area contributed by atoms with Crippen molar-refractivity contribution < 1.29 is 27.5 Å². The number of hydrogen-bond donors (Lipinski definition) is 3. The van der Waals surface area contributed by atoms with Crippen LogP contribution in [0.3, 0.4) is 0 Å². The van der Waals surface area contributed by atoms with Gasteiger partial charge in [-0.25, -0.2) is 13.1 Å². The zero-order chi connectivity index (χ0) is 24.1. The molecule has 32 heavy (non-hydrogen) atoms. The van der Waals surface area contributed by atoms with Crippen molar-refractivity contribution in [1.29, 1.82) is 0 Å². The molecule has 0 saturated carbocycles. The third kappa shape index (κ3) is 7.15. The van der Waals surface area contributed by atoms with E-state index in [1.54, 1.807) is 6.07 Å². The zero-order valence-electron chi connectivity index (χ0n) is 16.8. The number of nitrogens with one attached hydrogen (secondary N) is 3. The Bertz CT molecular complexity index is 1150. The van der Waals surface area contributed by atoms with Crippen LogP contribution in [0.5, 0.6) is 0 Å². The topological polar surface area (TPSA) is 131 Å². The van der Waals surface area contributed by atoms with E-state index in [4.69, 9.17) is 27.9 Å². The summed E-state index contributed by atoms with van der Waals surface area (Å²) in [6, 6.07) is 3.99. The average molecular weight is 587 g/mol. The minimum atomic E-state index is -4.22. The van der Waals surface area contributed by atoms with Crippen molar-refractivity contribution >= 4 is 83.9 Å². The van der Waals surface area contributed by atoms with E-state index in [2.05, 4.69) is 26.6 Å². The molecule has 1 heterocycles. The van der Waals surface area contributed by atoms with Gasteiger partial charge >= 0.3 is 0 Å². The Hall–Kier alpha value is -1.70. The number of anilines is 1.